The summed E-state index contributed by atoms with van der Waals surface area (Å²) in [7, 11) is 1.71. The average Bonchev–Trinajstić information content (AvgIpc) is 2.78. The summed E-state index contributed by atoms with van der Waals surface area (Å²) in [5.41, 5.74) is 1.21. The minimum absolute atomic E-state index is 0.0773. The van der Waals surface area contributed by atoms with Crippen molar-refractivity contribution < 1.29 is 9.90 Å². The molecule has 0 aromatic carbocycles. The smallest absolute Gasteiger partial charge is 0.257 e. The summed E-state index contributed by atoms with van der Waals surface area (Å²) in [4.78, 5) is 17.6. The van der Waals surface area contributed by atoms with E-state index in [1.54, 1.807) is 35.1 Å². The zero-order valence-corrected chi connectivity index (χ0v) is 9.58. The number of amides is 1. The van der Waals surface area contributed by atoms with E-state index in [-0.39, 0.29) is 12.5 Å². The molecule has 2 rings (SSSR count). The lowest BCUT2D eigenvalue weighted by Crippen LogP contribution is -2.28. The number of hydrogen-bond donors (Lipinski definition) is 1. The maximum absolute atomic E-state index is 12.1. The van der Waals surface area contributed by atoms with Crippen LogP contribution in [-0.4, -0.2) is 50.7 Å². The van der Waals surface area contributed by atoms with E-state index in [4.69, 9.17) is 5.11 Å². The summed E-state index contributed by atoms with van der Waals surface area (Å²) in [5.74, 6) is -0.110. The van der Waals surface area contributed by atoms with Gasteiger partial charge in [-0.15, -0.1) is 0 Å². The van der Waals surface area contributed by atoms with E-state index < -0.39 is 0 Å². The molecule has 0 radical (unpaired) electrons. The Hall–Kier alpha value is -1.95. The van der Waals surface area contributed by atoms with E-state index in [0.29, 0.717) is 24.0 Å². The number of fused-ring (bicyclic) bond motifs is 1. The van der Waals surface area contributed by atoms with Gasteiger partial charge in [0.25, 0.3) is 5.91 Å². The predicted octanol–water partition coefficient (Wildman–Crippen LogP) is 0.184. The van der Waals surface area contributed by atoms with E-state index in [1.807, 2.05) is 0 Å². The first-order chi connectivity index (χ1) is 8.24. The first-order valence-electron chi connectivity index (χ1n) is 5.37. The summed E-state index contributed by atoms with van der Waals surface area (Å²) in [6.07, 6.45) is 7.03. The Morgan fingerprint density at radius 1 is 1.53 bits per heavy atom. The fraction of sp³-hybridized carbons (Fsp3) is 0.364. The quantitative estimate of drug-likeness (QED) is 0.819. The van der Waals surface area contributed by atoms with Gasteiger partial charge in [-0.2, -0.15) is 5.10 Å². The largest absolute Gasteiger partial charge is 0.396 e. The van der Waals surface area contributed by atoms with Gasteiger partial charge in [0.05, 0.1) is 23.5 Å². The summed E-state index contributed by atoms with van der Waals surface area (Å²) in [6, 6.07) is 0. The molecule has 2 aromatic heterocycles. The van der Waals surface area contributed by atoms with Gasteiger partial charge in [0, 0.05) is 32.6 Å². The van der Waals surface area contributed by atoms with Gasteiger partial charge in [0.1, 0.15) is 0 Å². The number of carbonyl (C=O) groups excluding carboxylic acids is 1. The van der Waals surface area contributed by atoms with Crippen LogP contribution in [0.2, 0.25) is 0 Å². The van der Waals surface area contributed by atoms with Gasteiger partial charge in [-0.05, 0) is 6.42 Å². The Kier molecular flexibility index (Phi) is 3.34. The Labute approximate surface area is 98.5 Å². The Morgan fingerprint density at radius 3 is 3.12 bits per heavy atom. The molecular formula is C11H14N4O2. The number of aliphatic hydroxyl groups excluding tert-OH is 1. The highest BCUT2D eigenvalue weighted by Crippen LogP contribution is 2.11. The highest BCUT2D eigenvalue weighted by atomic mass is 16.3. The molecule has 6 nitrogen and oxygen atoms in total. The molecule has 17 heavy (non-hydrogen) atoms. The minimum Gasteiger partial charge on any atom is -0.396 e. The van der Waals surface area contributed by atoms with Crippen LogP contribution in [0.5, 0.6) is 0 Å². The molecule has 0 saturated heterocycles. The SMILES string of the molecule is CN(CCCO)C(=O)c1cnn2ccncc12. The zero-order chi connectivity index (χ0) is 12.3. The molecule has 6 heteroatoms. The van der Waals surface area contributed by atoms with Crippen LogP contribution in [-0.2, 0) is 0 Å². The molecule has 0 aliphatic rings. The van der Waals surface area contributed by atoms with E-state index >= 15 is 0 Å². The first kappa shape index (κ1) is 11.5. The van der Waals surface area contributed by atoms with Crippen LogP contribution in [0.3, 0.4) is 0 Å². The fourth-order valence-corrected chi connectivity index (χ4v) is 1.61. The molecule has 2 heterocycles. The normalized spacial score (nSPS) is 10.7. The molecule has 1 N–H and O–H groups in total. The van der Waals surface area contributed by atoms with Crippen molar-refractivity contribution in [1.82, 2.24) is 19.5 Å². The van der Waals surface area contributed by atoms with Crippen LogP contribution in [0.25, 0.3) is 5.52 Å². The number of carbonyl (C=O) groups is 1. The topological polar surface area (TPSA) is 70.7 Å². The number of rotatable bonds is 4. The van der Waals surface area contributed by atoms with Crippen LogP contribution in [0.1, 0.15) is 16.8 Å². The van der Waals surface area contributed by atoms with Crippen molar-refractivity contribution >= 4 is 11.4 Å². The van der Waals surface area contributed by atoms with E-state index in [0.717, 1.165) is 0 Å². The molecule has 90 valence electrons. The Morgan fingerprint density at radius 2 is 2.35 bits per heavy atom. The third kappa shape index (κ3) is 2.26. The van der Waals surface area contributed by atoms with E-state index in [2.05, 4.69) is 10.1 Å². The van der Waals surface area contributed by atoms with Gasteiger partial charge < -0.3 is 10.0 Å². The maximum Gasteiger partial charge on any atom is 0.257 e. The van der Waals surface area contributed by atoms with Crippen molar-refractivity contribution in [2.75, 3.05) is 20.2 Å². The minimum atomic E-state index is -0.110. The number of aromatic nitrogens is 3. The lowest BCUT2D eigenvalue weighted by atomic mass is 10.2. The highest BCUT2D eigenvalue weighted by molar-refractivity contribution is 6.00. The Balaban J connectivity index is 2.24. The van der Waals surface area contributed by atoms with E-state index in [9.17, 15) is 4.79 Å². The molecule has 0 fully saturated rings. The van der Waals surface area contributed by atoms with Crippen LogP contribution >= 0.6 is 0 Å². The van der Waals surface area contributed by atoms with Crippen LogP contribution in [0.4, 0.5) is 0 Å². The average molecular weight is 234 g/mol. The molecule has 0 aliphatic carbocycles. The number of hydrogen-bond acceptors (Lipinski definition) is 4. The van der Waals surface area contributed by atoms with Crippen molar-refractivity contribution in [1.29, 1.82) is 0 Å². The van der Waals surface area contributed by atoms with Gasteiger partial charge in [-0.25, -0.2) is 4.52 Å². The summed E-state index contributed by atoms with van der Waals surface area (Å²) >= 11 is 0. The predicted molar refractivity (Wildman–Crippen MR) is 61.7 cm³/mol. The molecule has 0 saturated carbocycles. The second kappa shape index (κ2) is 4.92. The van der Waals surface area contributed by atoms with Crippen LogP contribution < -0.4 is 0 Å². The number of aliphatic hydroxyl groups is 1. The molecule has 2 aromatic rings. The van der Waals surface area contributed by atoms with Gasteiger partial charge in [0.2, 0.25) is 0 Å². The monoisotopic (exact) mass is 234 g/mol. The molecule has 0 aliphatic heterocycles. The maximum atomic E-state index is 12.1. The van der Waals surface area contributed by atoms with Crippen molar-refractivity contribution in [2.24, 2.45) is 0 Å². The standard InChI is InChI=1S/C11H14N4O2/c1-14(4-2-6-16)11(17)9-7-13-15-5-3-12-8-10(9)15/h3,5,7-8,16H,2,4,6H2,1H3. The number of nitrogens with zero attached hydrogens (tertiary/aromatic N) is 4. The Bertz CT molecular complexity index is 523. The molecule has 0 bridgehead atoms. The van der Waals surface area contributed by atoms with Gasteiger partial charge >= 0.3 is 0 Å². The summed E-state index contributed by atoms with van der Waals surface area (Å²) in [6.45, 7) is 0.598. The third-order valence-corrected chi connectivity index (χ3v) is 2.55. The van der Waals surface area contributed by atoms with Crippen LogP contribution in [0, 0.1) is 0 Å². The molecular weight excluding hydrogens is 220 g/mol. The van der Waals surface area contributed by atoms with Gasteiger partial charge in [-0.3, -0.25) is 9.78 Å². The second-order valence-corrected chi connectivity index (χ2v) is 3.77. The van der Waals surface area contributed by atoms with Crippen molar-refractivity contribution in [3.63, 3.8) is 0 Å². The first-order valence-corrected chi connectivity index (χ1v) is 5.37. The van der Waals surface area contributed by atoms with Crippen LogP contribution in [0.15, 0.2) is 24.8 Å². The third-order valence-electron chi connectivity index (χ3n) is 2.55. The molecule has 0 atom stereocenters. The summed E-state index contributed by atoms with van der Waals surface area (Å²) in [5, 5.41) is 12.8. The lowest BCUT2D eigenvalue weighted by Gasteiger charge is -2.15. The van der Waals surface area contributed by atoms with Crippen molar-refractivity contribution in [2.45, 2.75) is 6.42 Å². The molecule has 0 spiro atoms. The highest BCUT2D eigenvalue weighted by Gasteiger charge is 2.16. The summed E-state index contributed by atoms with van der Waals surface area (Å²) < 4.78 is 1.61. The van der Waals surface area contributed by atoms with Crippen molar-refractivity contribution in [3.05, 3.63) is 30.4 Å². The zero-order valence-electron chi connectivity index (χ0n) is 9.58. The van der Waals surface area contributed by atoms with Gasteiger partial charge in [0.15, 0.2) is 0 Å². The lowest BCUT2D eigenvalue weighted by molar-refractivity contribution is 0.0788. The molecule has 1 amide bonds. The van der Waals surface area contributed by atoms with Gasteiger partial charge in [-0.1, -0.05) is 0 Å². The second-order valence-electron chi connectivity index (χ2n) is 3.77. The molecule has 0 unspecified atom stereocenters. The fourth-order valence-electron chi connectivity index (χ4n) is 1.61. The van der Waals surface area contributed by atoms with Crippen molar-refractivity contribution in [3.8, 4) is 0 Å². The van der Waals surface area contributed by atoms with E-state index in [1.165, 1.54) is 6.20 Å².